The molecule has 0 bridgehead atoms. The van der Waals surface area contributed by atoms with Crippen LogP contribution in [0.1, 0.15) is 22.8 Å². The minimum atomic E-state index is -3.75. The molecule has 3 aromatic carbocycles. The third-order valence-electron chi connectivity index (χ3n) is 5.42. The molecule has 0 saturated carbocycles. The predicted molar refractivity (Wildman–Crippen MR) is 131 cm³/mol. The molecule has 35 heavy (non-hydrogen) atoms. The molecule has 184 valence electrons. The van der Waals surface area contributed by atoms with Crippen LogP contribution in [0, 0.1) is 5.82 Å². The van der Waals surface area contributed by atoms with E-state index in [1.807, 2.05) is 6.07 Å². The van der Waals surface area contributed by atoms with Crippen molar-refractivity contribution in [2.45, 2.75) is 11.9 Å². The molecule has 2 N–H and O–H groups in total. The molecule has 0 aliphatic carbocycles. The summed E-state index contributed by atoms with van der Waals surface area (Å²) in [6.45, 7) is 4.54. The largest absolute Gasteiger partial charge is 0.496 e. The number of primary sulfonamides is 1. The topological polar surface area (TPSA) is 97.1 Å². The number of ether oxygens (including phenoxy) is 4. The molecular weight excluding hydrogens is 473 g/mol. The van der Waals surface area contributed by atoms with E-state index in [0.717, 1.165) is 11.1 Å². The Balaban J connectivity index is 1.76. The molecule has 0 saturated heterocycles. The Morgan fingerprint density at radius 2 is 1.97 bits per heavy atom. The molecule has 7 nitrogen and oxygen atoms in total. The molecule has 3 aromatic rings. The van der Waals surface area contributed by atoms with Gasteiger partial charge in [0.05, 0.1) is 31.6 Å². The fourth-order valence-corrected chi connectivity index (χ4v) is 4.71. The first-order valence-corrected chi connectivity index (χ1v) is 12.6. The Morgan fingerprint density at radius 3 is 2.71 bits per heavy atom. The summed E-state index contributed by atoms with van der Waals surface area (Å²) in [6.07, 6.45) is 0.912. The summed E-state index contributed by atoms with van der Waals surface area (Å²) in [5.41, 5.74) is 3.18. The van der Waals surface area contributed by atoms with E-state index in [4.69, 9.17) is 24.1 Å². The maximum Gasteiger partial charge on any atom is 0.213 e. The second-order valence-corrected chi connectivity index (χ2v) is 9.61. The lowest BCUT2D eigenvalue weighted by Gasteiger charge is -2.30. The second kappa shape index (κ2) is 10.5. The number of hydrogen-bond donors (Lipinski definition) is 1. The molecule has 0 aromatic heterocycles. The van der Waals surface area contributed by atoms with Crippen LogP contribution in [-0.2, 0) is 20.5 Å². The van der Waals surface area contributed by atoms with E-state index in [9.17, 15) is 12.8 Å². The zero-order chi connectivity index (χ0) is 25.0. The number of halogens is 1. The Morgan fingerprint density at radius 1 is 1.14 bits per heavy atom. The summed E-state index contributed by atoms with van der Waals surface area (Å²) >= 11 is 0. The van der Waals surface area contributed by atoms with Gasteiger partial charge in [0.15, 0.2) is 0 Å². The number of methoxy groups -OCH3 is 1. The SMILES string of the molecule is C=CCOCCOc1cc(F)cc(C2Oc3cccc(OC)c3-c3ccc(CS(N)(=O)=O)cc32)c1. The smallest absolute Gasteiger partial charge is 0.213 e. The lowest BCUT2D eigenvalue weighted by molar-refractivity contribution is 0.121. The van der Waals surface area contributed by atoms with Gasteiger partial charge in [-0.3, -0.25) is 0 Å². The highest BCUT2D eigenvalue weighted by atomic mass is 32.2. The van der Waals surface area contributed by atoms with Crippen molar-refractivity contribution in [2.75, 3.05) is 26.9 Å². The summed E-state index contributed by atoms with van der Waals surface area (Å²) in [7, 11) is -2.19. The minimum absolute atomic E-state index is 0.234. The van der Waals surface area contributed by atoms with Gasteiger partial charge in [-0.25, -0.2) is 17.9 Å². The monoisotopic (exact) mass is 499 g/mol. The first-order valence-electron chi connectivity index (χ1n) is 10.9. The average molecular weight is 500 g/mol. The van der Waals surface area contributed by atoms with E-state index >= 15 is 0 Å². The van der Waals surface area contributed by atoms with Crippen LogP contribution in [0.4, 0.5) is 4.39 Å². The van der Waals surface area contributed by atoms with Crippen molar-refractivity contribution in [3.63, 3.8) is 0 Å². The van der Waals surface area contributed by atoms with Gasteiger partial charge in [-0.05, 0) is 35.4 Å². The van der Waals surface area contributed by atoms with E-state index in [0.29, 0.717) is 47.2 Å². The Hall–Kier alpha value is -3.40. The normalized spacial score (nSPS) is 14.4. The highest BCUT2D eigenvalue weighted by Crippen LogP contribution is 2.49. The van der Waals surface area contributed by atoms with Gasteiger partial charge in [-0.15, -0.1) is 6.58 Å². The van der Waals surface area contributed by atoms with Crippen molar-refractivity contribution in [3.05, 3.63) is 89.8 Å². The summed E-state index contributed by atoms with van der Waals surface area (Å²) in [6, 6.07) is 15.0. The van der Waals surface area contributed by atoms with Gasteiger partial charge >= 0.3 is 0 Å². The minimum Gasteiger partial charge on any atom is -0.496 e. The first-order chi connectivity index (χ1) is 16.8. The second-order valence-electron chi connectivity index (χ2n) is 7.99. The molecule has 1 aliphatic rings. The van der Waals surface area contributed by atoms with Crippen molar-refractivity contribution in [2.24, 2.45) is 5.14 Å². The van der Waals surface area contributed by atoms with Gasteiger partial charge in [0.2, 0.25) is 10.0 Å². The zero-order valence-electron chi connectivity index (χ0n) is 19.2. The van der Waals surface area contributed by atoms with Crippen molar-refractivity contribution in [1.82, 2.24) is 0 Å². The van der Waals surface area contributed by atoms with Crippen LogP contribution in [0.25, 0.3) is 11.1 Å². The number of sulfonamides is 1. The molecule has 0 fully saturated rings. The van der Waals surface area contributed by atoms with E-state index in [-0.39, 0.29) is 12.4 Å². The standard InChI is InChI=1S/C26H26FNO6S/c1-3-9-32-10-11-33-20-14-18(13-19(27)15-20)26-22-12-17(16-35(28,29)30)7-8-21(22)25-23(31-2)5-4-6-24(25)34-26/h3-8,12-15,26H,1,9-11,16H2,2H3,(H2,28,29,30). The van der Waals surface area contributed by atoms with Crippen LogP contribution in [0.2, 0.25) is 0 Å². The number of hydrogen-bond acceptors (Lipinski definition) is 6. The van der Waals surface area contributed by atoms with Crippen LogP contribution in [-0.4, -0.2) is 35.3 Å². The fourth-order valence-electron chi connectivity index (χ4n) is 4.07. The molecule has 9 heteroatoms. The van der Waals surface area contributed by atoms with Crippen LogP contribution in [0.15, 0.2) is 67.3 Å². The van der Waals surface area contributed by atoms with Crippen LogP contribution < -0.4 is 19.3 Å². The summed E-state index contributed by atoms with van der Waals surface area (Å²) < 4.78 is 60.9. The van der Waals surface area contributed by atoms with Crippen LogP contribution in [0.5, 0.6) is 17.2 Å². The molecule has 1 aliphatic heterocycles. The molecule has 0 amide bonds. The molecule has 1 atom stereocenters. The molecule has 0 radical (unpaired) electrons. The summed E-state index contributed by atoms with van der Waals surface area (Å²) in [5, 5.41) is 5.27. The highest BCUT2D eigenvalue weighted by molar-refractivity contribution is 7.88. The predicted octanol–water partition coefficient (Wildman–Crippen LogP) is 4.35. The van der Waals surface area contributed by atoms with Gasteiger partial charge in [-0.2, -0.15) is 0 Å². The molecule has 0 spiro atoms. The number of benzene rings is 3. The van der Waals surface area contributed by atoms with Crippen LogP contribution in [0.3, 0.4) is 0 Å². The third kappa shape index (κ3) is 5.82. The Bertz CT molecular complexity index is 1340. The summed E-state index contributed by atoms with van der Waals surface area (Å²) in [4.78, 5) is 0. The number of fused-ring (bicyclic) bond motifs is 3. The van der Waals surface area contributed by atoms with Crippen molar-refractivity contribution < 1.29 is 31.8 Å². The maximum atomic E-state index is 14.6. The highest BCUT2D eigenvalue weighted by Gasteiger charge is 2.31. The molecule has 1 unspecified atom stereocenters. The van der Waals surface area contributed by atoms with Gasteiger partial charge in [-0.1, -0.05) is 30.3 Å². The lowest BCUT2D eigenvalue weighted by atomic mass is 9.88. The average Bonchev–Trinajstić information content (AvgIpc) is 2.81. The first kappa shape index (κ1) is 24.7. The third-order valence-corrected chi connectivity index (χ3v) is 6.15. The van der Waals surface area contributed by atoms with Gasteiger partial charge in [0.1, 0.15) is 35.8 Å². The number of nitrogens with two attached hydrogens (primary N) is 1. The Kier molecular flexibility index (Phi) is 7.39. The Labute approximate surface area is 203 Å². The maximum absolute atomic E-state index is 14.6. The van der Waals surface area contributed by atoms with Crippen molar-refractivity contribution in [3.8, 4) is 28.4 Å². The quantitative estimate of drug-likeness (QED) is 0.329. The fraction of sp³-hybridized carbons (Fsp3) is 0.231. The van der Waals surface area contributed by atoms with E-state index < -0.39 is 21.9 Å². The lowest BCUT2D eigenvalue weighted by Crippen LogP contribution is -2.18. The molecule has 4 rings (SSSR count). The molecular formula is C26H26FNO6S. The van der Waals surface area contributed by atoms with E-state index in [2.05, 4.69) is 6.58 Å². The van der Waals surface area contributed by atoms with Crippen molar-refractivity contribution >= 4 is 10.0 Å². The van der Waals surface area contributed by atoms with Gasteiger partial charge < -0.3 is 18.9 Å². The van der Waals surface area contributed by atoms with Gasteiger partial charge in [0, 0.05) is 17.2 Å². The van der Waals surface area contributed by atoms with E-state index in [1.165, 1.54) is 12.1 Å². The van der Waals surface area contributed by atoms with Crippen LogP contribution >= 0.6 is 0 Å². The zero-order valence-corrected chi connectivity index (χ0v) is 20.0. The number of rotatable bonds is 10. The summed E-state index contributed by atoms with van der Waals surface area (Å²) in [5.74, 6) is 0.652. The van der Waals surface area contributed by atoms with Crippen molar-refractivity contribution in [1.29, 1.82) is 0 Å². The van der Waals surface area contributed by atoms with Gasteiger partial charge in [0.25, 0.3) is 0 Å². The molecule has 1 heterocycles. The van der Waals surface area contributed by atoms with E-state index in [1.54, 1.807) is 49.6 Å².